The lowest BCUT2D eigenvalue weighted by molar-refractivity contribution is -0.161. The van der Waals surface area contributed by atoms with Crippen LogP contribution in [-0.4, -0.2) is 85.7 Å². The molecule has 0 aliphatic carbocycles. The Morgan fingerprint density at radius 3 is 1.52 bits per heavy atom. The van der Waals surface area contributed by atoms with E-state index in [0.717, 1.165) is 67.8 Å². The van der Waals surface area contributed by atoms with Gasteiger partial charge < -0.3 is 39.9 Å². The molecule has 18 nitrogen and oxygen atoms in total. The Balaban J connectivity index is 1.78. The van der Waals surface area contributed by atoms with Crippen LogP contribution in [0.25, 0.3) is 0 Å². The van der Waals surface area contributed by atoms with Crippen LogP contribution < -0.4 is 11.4 Å². The first-order valence-corrected chi connectivity index (χ1v) is 29.3. The maximum absolute atomic E-state index is 12.9. The van der Waals surface area contributed by atoms with Crippen molar-refractivity contribution in [1.29, 1.82) is 0 Å². The summed E-state index contributed by atoms with van der Waals surface area (Å²) in [5, 5.41) is 20.9. The molecule has 0 amide bonds. The Bertz CT molecular complexity index is 1680. The van der Waals surface area contributed by atoms with Gasteiger partial charge >= 0.3 is 33.3 Å². The molecular formula is C49H91N3O15P2. The highest BCUT2D eigenvalue weighted by molar-refractivity contribution is 7.61. The number of carbonyl (C=O) groups excluding carboxylic acids is 2. The Hall–Kier alpha value is -2.24. The van der Waals surface area contributed by atoms with E-state index >= 15 is 0 Å². The van der Waals surface area contributed by atoms with E-state index in [1.807, 2.05) is 0 Å². The lowest BCUT2D eigenvalue weighted by Crippen LogP contribution is -2.36. The number of aliphatic hydroxyl groups is 2. The molecule has 6 N–H and O–H groups in total. The fourth-order valence-corrected chi connectivity index (χ4v) is 10.3. The molecule has 20 heteroatoms. The number of nitrogens with two attached hydrogens (primary N) is 1. The predicted octanol–water partition coefficient (Wildman–Crippen LogP) is 10.8. The largest absolute Gasteiger partial charge is 0.481 e. The zero-order valence-electron chi connectivity index (χ0n) is 42.5. The van der Waals surface area contributed by atoms with Crippen molar-refractivity contribution in [2.24, 2.45) is 11.8 Å². The average Bonchev–Trinajstić information content (AvgIpc) is 3.56. The van der Waals surface area contributed by atoms with Crippen molar-refractivity contribution in [3.8, 4) is 0 Å². The minimum absolute atomic E-state index is 0.0565. The summed E-state index contributed by atoms with van der Waals surface area (Å²) in [5.74, 6) is 0.286. The van der Waals surface area contributed by atoms with Gasteiger partial charge in [0.2, 0.25) is 0 Å². The summed E-state index contributed by atoms with van der Waals surface area (Å²) in [6.45, 7) is 6.81. The highest BCUT2D eigenvalue weighted by atomic mass is 31.3. The van der Waals surface area contributed by atoms with E-state index < -0.39 is 83.7 Å². The molecule has 1 fully saturated rings. The Kier molecular flexibility index (Phi) is 33.4. The number of phosphoric acid groups is 2. The van der Waals surface area contributed by atoms with E-state index in [-0.39, 0.29) is 18.7 Å². The normalized spacial score (nSPS) is 19.4. The zero-order chi connectivity index (χ0) is 50.9. The summed E-state index contributed by atoms with van der Waals surface area (Å²) in [7, 11) is -10.8. The van der Waals surface area contributed by atoms with Crippen LogP contribution in [0.1, 0.15) is 220 Å². The van der Waals surface area contributed by atoms with Crippen molar-refractivity contribution in [2.45, 2.75) is 245 Å². The minimum Gasteiger partial charge on any atom is -0.462 e. The van der Waals surface area contributed by atoms with Crippen molar-refractivity contribution in [1.82, 2.24) is 9.55 Å². The van der Waals surface area contributed by atoms with Crippen LogP contribution in [0.4, 0.5) is 5.82 Å². The third-order valence-electron chi connectivity index (χ3n) is 12.3. The summed E-state index contributed by atoms with van der Waals surface area (Å²) in [4.78, 5) is 61.9. The number of ether oxygens (including phenoxy) is 3. The summed E-state index contributed by atoms with van der Waals surface area (Å²) >= 11 is 0. The second-order valence-corrected chi connectivity index (χ2v) is 22.7. The van der Waals surface area contributed by atoms with Crippen molar-refractivity contribution in [3.63, 3.8) is 0 Å². The number of rotatable bonds is 43. The molecule has 1 aliphatic heterocycles. The van der Waals surface area contributed by atoms with Crippen molar-refractivity contribution in [3.05, 3.63) is 22.7 Å². The lowest BCUT2D eigenvalue weighted by atomic mass is 10.0. The van der Waals surface area contributed by atoms with Gasteiger partial charge in [0.1, 0.15) is 30.7 Å². The number of phosphoric ester groups is 2. The van der Waals surface area contributed by atoms with Crippen molar-refractivity contribution >= 4 is 33.4 Å². The molecule has 7 atom stereocenters. The molecule has 2 rings (SSSR count). The molecule has 402 valence electrons. The number of nitrogen functional groups attached to an aromatic ring is 1. The number of anilines is 1. The van der Waals surface area contributed by atoms with Crippen molar-refractivity contribution < 1.29 is 66.3 Å². The number of carbonyl (C=O) groups is 2. The van der Waals surface area contributed by atoms with E-state index in [2.05, 4.69) is 37.0 Å². The maximum Gasteiger partial charge on any atom is 0.481 e. The number of hydrogen-bond acceptors (Lipinski definition) is 15. The monoisotopic (exact) mass is 1020 g/mol. The molecule has 1 aromatic heterocycles. The van der Waals surface area contributed by atoms with Crippen molar-refractivity contribution in [2.75, 3.05) is 25.6 Å². The van der Waals surface area contributed by atoms with Gasteiger partial charge in [0.05, 0.1) is 13.2 Å². The highest BCUT2D eigenvalue weighted by Crippen LogP contribution is 2.60. The molecule has 0 saturated carbocycles. The second kappa shape index (κ2) is 36.6. The molecule has 0 aromatic carbocycles. The Morgan fingerprint density at radius 2 is 1.07 bits per heavy atom. The first-order valence-electron chi connectivity index (χ1n) is 26.3. The molecule has 0 radical (unpaired) electrons. The summed E-state index contributed by atoms with van der Waals surface area (Å²) < 4.78 is 56.9. The fourth-order valence-electron chi connectivity index (χ4n) is 8.21. The lowest BCUT2D eigenvalue weighted by Gasteiger charge is -2.21. The molecule has 1 saturated heterocycles. The Labute approximate surface area is 412 Å². The smallest absolute Gasteiger partial charge is 0.462 e. The molecule has 0 spiro atoms. The van der Waals surface area contributed by atoms with E-state index in [9.17, 15) is 43.5 Å². The summed E-state index contributed by atoms with van der Waals surface area (Å²) in [6.07, 6.45) is 24.8. The van der Waals surface area contributed by atoms with Gasteiger partial charge in [0.15, 0.2) is 12.3 Å². The number of unbranched alkanes of at least 4 members (excludes halogenated alkanes) is 23. The van der Waals surface area contributed by atoms with Crippen LogP contribution >= 0.6 is 15.6 Å². The first-order chi connectivity index (χ1) is 32.9. The van der Waals surface area contributed by atoms with Gasteiger partial charge in [0, 0.05) is 19.0 Å². The van der Waals surface area contributed by atoms with Gasteiger partial charge in [-0.3, -0.25) is 23.2 Å². The summed E-state index contributed by atoms with van der Waals surface area (Å²) in [5.41, 5.74) is 4.59. The van der Waals surface area contributed by atoms with Crippen LogP contribution in [0, 0.1) is 11.8 Å². The van der Waals surface area contributed by atoms with Gasteiger partial charge in [-0.2, -0.15) is 9.29 Å². The first kappa shape index (κ1) is 62.9. The number of hydrogen-bond donors (Lipinski definition) is 5. The van der Waals surface area contributed by atoms with Crippen LogP contribution in [0.2, 0.25) is 0 Å². The summed E-state index contributed by atoms with van der Waals surface area (Å²) in [6, 6.07) is 1.25. The third-order valence-corrected chi connectivity index (χ3v) is 14.9. The topological polar surface area (TPSA) is 265 Å². The van der Waals surface area contributed by atoms with E-state index in [0.29, 0.717) is 12.8 Å². The van der Waals surface area contributed by atoms with Crippen LogP contribution in [-0.2, 0) is 46.3 Å². The number of nitrogens with zero attached hydrogens (tertiary/aromatic N) is 2. The standard InChI is InChI=1S/C49H91N3O15P2/c1-39(2)30-26-22-18-14-10-6-5-7-12-16-20-24-28-32-44(53)62-36-41(65-45(54)33-29-25-21-17-13-9-8-11-15-19-23-27-31-40(3)4)37-63-68(58,59)67-69(60,61)64-38-42-46(55)47(56)48(66-42)52-35-34-43(50)51-49(52)57/h34-35,39-42,46-48,55-56H,5-33,36-38H2,1-4H3,(H,58,59)(H,60,61)(H2,50,51,57)/t41-,42-,46+,47?,48-/m1/s1. The molecular weight excluding hydrogens is 932 g/mol. The molecule has 0 bridgehead atoms. The maximum atomic E-state index is 12.9. The van der Waals surface area contributed by atoms with Gasteiger partial charge in [-0.1, -0.05) is 188 Å². The predicted molar refractivity (Wildman–Crippen MR) is 266 cm³/mol. The molecule has 69 heavy (non-hydrogen) atoms. The van der Waals surface area contributed by atoms with Crippen LogP contribution in [0.3, 0.4) is 0 Å². The van der Waals surface area contributed by atoms with E-state index in [1.54, 1.807) is 0 Å². The quantitative estimate of drug-likeness (QED) is 0.0231. The molecule has 1 aliphatic rings. The minimum atomic E-state index is -5.42. The fraction of sp³-hybridized carbons (Fsp3) is 0.878. The Morgan fingerprint density at radius 1 is 0.652 bits per heavy atom. The highest BCUT2D eigenvalue weighted by Gasteiger charge is 2.46. The van der Waals surface area contributed by atoms with Gasteiger partial charge in [0.25, 0.3) is 0 Å². The SMILES string of the molecule is CC(C)CCCCCCCCCCCCCCCC(=O)OC[C@H](COP(=O)(O)OP(=O)(O)OC[C@H]1O[C@@H](n2ccc(N)nc2=O)C(O)[C@H]1O)OC(=O)CCCCCCCCCCCCCCC(C)C. The molecule has 1 aromatic rings. The van der Waals surface area contributed by atoms with E-state index in [1.165, 1.54) is 121 Å². The van der Waals surface area contributed by atoms with Gasteiger partial charge in [-0.05, 0) is 30.7 Å². The van der Waals surface area contributed by atoms with E-state index in [4.69, 9.17) is 29.0 Å². The second-order valence-electron chi connectivity index (χ2n) is 19.7. The zero-order valence-corrected chi connectivity index (χ0v) is 44.3. The average molecular weight is 1020 g/mol. The van der Waals surface area contributed by atoms with Crippen LogP contribution in [0.5, 0.6) is 0 Å². The molecule has 2 heterocycles. The van der Waals surface area contributed by atoms with Gasteiger partial charge in [-0.25, -0.2) is 13.9 Å². The number of aliphatic hydroxyl groups excluding tert-OH is 2. The number of aromatic nitrogens is 2. The van der Waals surface area contributed by atoms with Gasteiger partial charge in [-0.15, -0.1) is 0 Å². The van der Waals surface area contributed by atoms with Crippen LogP contribution in [0.15, 0.2) is 17.1 Å². The number of esters is 2. The third kappa shape index (κ3) is 31.1. The molecule has 3 unspecified atom stereocenters.